The van der Waals surface area contributed by atoms with Crippen molar-refractivity contribution in [2.75, 3.05) is 44.4 Å². The normalized spacial score (nSPS) is 16.3. The fraction of sp³-hybridized carbons (Fsp3) is 0.375. The van der Waals surface area contributed by atoms with Gasteiger partial charge in [0.1, 0.15) is 5.82 Å². The minimum Gasteiger partial charge on any atom is -0.450 e. The number of hydrogen-bond acceptors (Lipinski definition) is 6. The first kappa shape index (κ1) is 20.9. The van der Waals surface area contributed by atoms with Crippen LogP contribution in [0.2, 0.25) is 0 Å². The number of morpholine rings is 1. The van der Waals surface area contributed by atoms with E-state index >= 15 is 4.39 Å². The van der Waals surface area contributed by atoms with Crippen LogP contribution in [0.1, 0.15) is 18.3 Å². The Hall–Kier alpha value is -3.66. The highest BCUT2D eigenvalue weighted by Gasteiger charge is 2.29. The number of benzene rings is 1. The van der Waals surface area contributed by atoms with Crippen molar-refractivity contribution in [3.8, 4) is 11.3 Å². The molecule has 5 heterocycles. The van der Waals surface area contributed by atoms with Gasteiger partial charge in [0.25, 0.3) is 0 Å². The minimum absolute atomic E-state index is 0.324. The van der Waals surface area contributed by atoms with E-state index in [-0.39, 0.29) is 11.9 Å². The number of carbonyl (C=O) groups excluding carboxylic acids is 1. The Bertz CT molecular complexity index is 1390. The van der Waals surface area contributed by atoms with Crippen LogP contribution in [0.25, 0.3) is 27.8 Å². The van der Waals surface area contributed by atoms with E-state index in [9.17, 15) is 4.79 Å². The van der Waals surface area contributed by atoms with Crippen molar-refractivity contribution in [3.63, 3.8) is 0 Å². The molecule has 10 heteroatoms. The van der Waals surface area contributed by atoms with Crippen LogP contribution >= 0.6 is 0 Å². The lowest BCUT2D eigenvalue weighted by Gasteiger charge is -2.28. The molecule has 2 aliphatic rings. The maximum Gasteiger partial charge on any atom is 0.410 e. The Morgan fingerprint density at radius 2 is 2.06 bits per heavy atom. The van der Waals surface area contributed by atoms with E-state index in [1.165, 1.54) is 6.07 Å². The molecule has 0 saturated carbocycles. The van der Waals surface area contributed by atoms with Gasteiger partial charge in [-0.25, -0.2) is 19.2 Å². The number of carbonyl (C=O) groups is 1. The van der Waals surface area contributed by atoms with Crippen molar-refractivity contribution in [2.24, 2.45) is 0 Å². The highest BCUT2D eigenvalue weighted by atomic mass is 19.1. The zero-order chi connectivity index (χ0) is 23.2. The van der Waals surface area contributed by atoms with Gasteiger partial charge >= 0.3 is 6.09 Å². The van der Waals surface area contributed by atoms with Gasteiger partial charge in [-0.3, -0.25) is 4.40 Å². The van der Waals surface area contributed by atoms with Gasteiger partial charge in [0.2, 0.25) is 0 Å². The second-order valence-corrected chi connectivity index (χ2v) is 8.48. The summed E-state index contributed by atoms with van der Waals surface area (Å²) in [7, 11) is 0. The number of halogens is 1. The number of H-pyrrole nitrogens is 1. The zero-order valence-electron chi connectivity index (χ0n) is 18.9. The SMILES string of the molecule is CCOC(=O)N1CCc2nc3c(N4CCOCC4)nc(-c4c(F)ccc5[nH]ccc45)cn3c2C1. The van der Waals surface area contributed by atoms with E-state index in [4.69, 9.17) is 19.4 Å². The predicted molar refractivity (Wildman–Crippen MR) is 124 cm³/mol. The van der Waals surface area contributed by atoms with Crippen LogP contribution in [0, 0.1) is 5.82 Å². The topological polar surface area (TPSA) is 88.0 Å². The van der Waals surface area contributed by atoms with Crippen LogP contribution < -0.4 is 4.90 Å². The summed E-state index contributed by atoms with van der Waals surface area (Å²) in [5.74, 6) is 0.360. The molecule has 34 heavy (non-hydrogen) atoms. The molecule has 0 radical (unpaired) electrons. The standard InChI is InChI=1S/C24H25FN6O3/c1-2-34-24(32)30-8-6-18-20(14-30)31-13-19(21-15-5-7-26-17(15)4-3-16(21)25)28-22(23(31)27-18)29-9-11-33-12-10-29/h3-5,7,13,26H,2,6,8-12,14H2,1H3. The molecule has 4 aromatic rings. The zero-order valence-corrected chi connectivity index (χ0v) is 18.9. The summed E-state index contributed by atoms with van der Waals surface area (Å²) in [5, 5.41) is 0.766. The second kappa shape index (κ2) is 8.28. The molecule has 6 rings (SSSR count). The summed E-state index contributed by atoms with van der Waals surface area (Å²) in [6.45, 7) is 5.58. The quantitative estimate of drug-likeness (QED) is 0.500. The molecule has 1 aromatic carbocycles. The third-order valence-corrected chi connectivity index (χ3v) is 6.51. The molecule has 0 unspecified atom stereocenters. The summed E-state index contributed by atoms with van der Waals surface area (Å²) < 4.78 is 27.9. The molecule has 0 atom stereocenters. The number of amides is 1. The molecule has 3 aromatic heterocycles. The first-order chi connectivity index (χ1) is 16.6. The highest BCUT2D eigenvalue weighted by molar-refractivity contribution is 5.95. The Morgan fingerprint density at radius 3 is 2.88 bits per heavy atom. The van der Waals surface area contributed by atoms with Crippen molar-refractivity contribution in [2.45, 2.75) is 19.9 Å². The van der Waals surface area contributed by atoms with Crippen molar-refractivity contribution in [3.05, 3.63) is 47.8 Å². The molecule has 9 nitrogen and oxygen atoms in total. The maximum absolute atomic E-state index is 15.2. The summed E-state index contributed by atoms with van der Waals surface area (Å²) in [6.07, 6.45) is 3.92. The number of ether oxygens (including phenoxy) is 2. The van der Waals surface area contributed by atoms with E-state index in [0.29, 0.717) is 75.1 Å². The molecule has 0 spiro atoms. The number of aromatic nitrogens is 4. The minimum atomic E-state index is -0.339. The summed E-state index contributed by atoms with van der Waals surface area (Å²) >= 11 is 0. The number of anilines is 1. The molecule has 1 saturated heterocycles. The lowest BCUT2D eigenvalue weighted by molar-refractivity contribution is 0.102. The molecule has 0 aliphatic carbocycles. The Balaban J connectivity index is 1.55. The monoisotopic (exact) mass is 464 g/mol. The van der Waals surface area contributed by atoms with E-state index in [1.807, 2.05) is 16.7 Å². The number of rotatable bonds is 3. The van der Waals surface area contributed by atoms with Crippen molar-refractivity contribution in [1.82, 2.24) is 24.3 Å². The molecule has 1 N–H and O–H groups in total. The average molecular weight is 465 g/mol. The highest BCUT2D eigenvalue weighted by Crippen LogP contribution is 2.34. The number of aromatic amines is 1. The molecular formula is C24H25FN6O3. The van der Waals surface area contributed by atoms with Crippen molar-refractivity contribution in [1.29, 1.82) is 0 Å². The van der Waals surface area contributed by atoms with Crippen molar-refractivity contribution >= 4 is 28.5 Å². The van der Waals surface area contributed by atoms with Gasteiger partial charge in [-0.1, -0.05) is 0 Å². The smallest absolute Gasteiger partial charge is 0.410 e. The van der Waals surface area contributed by atoms with Gasteiger partial charge in [-0.15, -0.1) is 0 Å². The first-order valence-corrected chi connectivity index (χ1v) is 11.5. The van der Waals surface area contributed by atoms with Gasteiger partial charge in [-0.05, 0) is 25.1 Å². The van der Waals surface area contributed by atoms with Crippen LogP contribution in [0.4, 0.5) is 15.0 Å². The van der Waals surface area contributed by atoms with Gasteiger partial charge in [0.05, 0.1) is 43.4 Å². The van der Waals surface area contributed by atoms with Crippen LogP contribution in [0.15, 0.2) is 30.6 Å². The molecule has 0 bridgehead atoms. The maximum atomic E-state index is 15.2. The molecule has 1 fully saturated rings. The Labute approximate surface area is 195 Å². The van der Waals surface area contributed by atoms with E-state index in [0.717, 1.165) is 22.3 Å². The van der Waals surface area contributed by atoms with Crippen LogP contribution in [-0.4, -0.2) is 69.8 Å². The third-order valence-electron chi connectivity index (χ3n) is 6.51. The van der Waals surface area contributed by atoms with Gasteiger partial charge in [0, 0.05) is 54.9 Å². The third kappa shape index (κ3) is 3.37. The predicted octanol–water partition coefficient (Wildman–Crippen LogP) is 3.37. The number of fused-ring (bicyclic) bond motifs is 4. The van der Waals surface area contributed by atoms with Crippen LogP contribution in [0.5, 0.6) is 0 Å². The average Bonchev–Trinajstić information content (AvgIpc) is 3.48. The van der Waals surface area contributed by atoms with E-state index in [1.54, 1.807) is 24.1 Å². The number of nitrogens with one attached hydrogen (secondary N) is 1. The second-order valence-electron chi connectivity index (χ2n) is 8.48. The molecule has 2 aliphatic heterocycles. The van der Waals surface area contributed by atoms with Crippen LogP contribution in [0.3, 0.4) is 0 Å². The van der Waals surface area contributed by atoms with Gasteiger partial charge in [-0.2, -0.15) is 0 Å². The Kier molecular flexibility index (Phi) is 5.09. The molecule has 1 amide bonds. The molecular weight excluding hydrogens is 439 g/mol. The first-order valence-electron chi connectivity index (χ1n) is 11.5. The number of nitrogens with zero attached hydrogens (tertiary/aromatic N) is 5. The molecule has 176 valence electrons. The van der Waals surface area contributed by atoms with Gasteiger partial charge in [0.15, 0.2) is 11.5 Å². The lowest BCUT2D eigenvalue weighted by Crippen LogP contribution is -2.37. The van der Waals surface area contributed by atoms with Gasteiger partial charge < -0.3 is 24.3 Å². The van der Waals surface area contributed by atoms with E-state index < -0.39 is 0 Å². The fourth-order valence-corrected chi connectivity index (χ4v) is 4.84. The summed E-state index contributed by atoms with van der Waals surface area (Å²) in [5.41, 5.74) is 4.33. The van der Waals surface area contributed by atoms with Crippen molar-refractivity contribution < 1.29 is 18.7 Å². The number of imidazole rings is 1. The van der Waals surface area contributed by atoms with E-state index in [2.05, 4.69) is 9.88 Å². The fourth-order valence-electron chi connectivity index (χ4n) is 4.84. The summed E-state index contributed by atoms with van der Waals surface area (Å²) in [4.78, 5) is 29.2. The van der Waals surface area contributed by atoms with Crippen LogP contribution in [-0.2, 0) is 22.4 Å². The Morgan fingerprint density at radius 1 is 1.21 bits per heavy atom. The lowest BCUT2D eigenvalue weighted by atomic mass is 10.1. The summed E-state index contributed by atoms with van der Waals surface area (Å²) in [6, 6.07) is 5.05. The largest absolute Gasteiger partial charge is 0.450 e. The number of hydrogen-bond donors (Lipinski definition) is 1.